The Morgan fingerprint density at radius 2 is 1.16 bits per heavy atom. The number of fused-ring (bicyclic) bond motifs is 11. The summed E-state index contributed by atoms with van der Waals surface area (Å²) in [6.45, 7) is 0. The van der Waals surface area contributed by atoms with Gasteiger partial charge in [0, 0.05) is 16.1 Å². The van der Waals surface area contributed by atoms with Gasteiger partial charge >= 0.3 is 0 Å². The van der Waals surface area contributed by atoms with Crippen LogP contribution in [0.25, 0.3) is 21.9 Å². The first-order valence-corrected chi connectivity index (χ1v) is 13.0. The molecule has 1 nitrogen and oxygen atoms in total. The first-order chi connectivity index (χ1) is 18.3. The third-order valence-electron chi connectivity index (χ3n) is 8.10. The highest BCUT2D eigenvalue weighted by Gasteiger charge is 2.52. The van der Waals surface area contributed by atoms with Gasteiger partial charge in [0.05, 0.1) is 16.8 Å². The van der Waals surface area contributed by atoms with Crippen LogP contribution < -0.4 is 4.90 Å². The van der Waals surface area contributed by atoms with Crippen LogP contribution in [0.5, 0.6) is 0 Å². The molecule has 37 heavy (non-hydrogen) atoms. The third-order valence-corrected chi connectivity index (χ3v) is 8.33. The molecule has 0 radical (unpaired) electrons. The summed E-state index contributed by atoms with van der Waals surface area (Å²) in [5.74, 6) is 0. The SMILES string of the molecule is Clc1ccc2c(c1)C1(c3ccccc3-c3ccccc31)c1ccc3ccccc3c1N2c1ccccc1. The van der Waals surface area contributed by atoms with Crippen LogP contribution in [0.4, 0.5) is 17.1 Å². The van der Waals surface area contributed by atoms with Gasteiger partial charge in [0.2, 0.25) is 0 Å². The maximum Gasteiger partial charge on any atom is 0.0755 e. The minimum absolute atomic E-state index is 0.474. The lowest BCUT2D eigenvalue weighted by molar-refractivity contribution is 0.754. The predicted octanol–water partition coefficient (Wildman–Crippen LogP) is 9.64. The van der Waals surface area contributed by atoms with Gasteiger partial charge in [0.1, 0.15) is 0 Å². The van der Waals surface area contributed by atoms with Gasteiger partial charge in [0.15, 0.2) is 0 Å². The lowest BCUT2D eigenvalue weighted by Gasteiger charge is -2.45. The molecule has 1 spiro atoms. The van der Waals surface area contributed by atoms with Gasteiger partial charge in [-0.3, -0.25) is 0 Å². The van der Waals surface area contributed by atoms with E-state index in [1.54, 1.807) is 0 Å². The van der Waals surface area contributed by atoms with Crippen molar-refractivity contribution in [3.8, 4) is 11.1 Å². The van der Waals surface area contributed by atoms with Crippen LogP contribution >= 0.6 is 11.6 Å². The van der Waals surface area contributed by atoms with Crippen molar-refractivity contribution in [2.45, 2.75) is 5.41 Å². The lowest BCUT2D eigenvalue weighted by Crippen LogP contribution is -2.36. The van der Waals surface area contributed by atoms with Crippen molar-refractivity contribution in [1.82, 2.24) is 0 Å². The Labute approximate surface area is 221 Å². The Morgan fingerprint density at radius 3 is 1.92 bits per heavy atom. The first-order valence-electron chi connectivity index (χ1n) is 12.7. The van der Waals surface area contributed by atoms with Gasteiger partial charge in [0.25, 0.3) is 0 Å². The van der Waals surface area contributed by atoms with Crippen molar-refractivity contribution >= 4 is 39.4 Å². The molecular weight excluding hydrogens is 470 g/mol. The summed E-state index contributed by atoms with van der Waals surface area (Å²) in [6.07, 6.45) is 0. The second-order valence-corrected chi connectivity index (χ2v) is 10.3. The summed E-state index contributed by atoms with van der Waals surface area (Å²) in [5.41, 5.74) is 10.7. The second-order valence-electron chi connectivity index (χ2n) is 9.86. The van der Waals surface area contributed by atoms with Crippen LogP contribution in [-0.4, -0.2) is 0 Å². The van der Waals surface area contributed by atoms with Crippen molar-refractivity contribution in [1.29, 1.82) is 0 Å². The van der Waals surface area contributed by atoms with Gasteiger partial charge < -0.3 is 4.90 Å². The molecule has 8 rings (SSSR count). The highest BCUT2D eigenvalue weighted by molar-refractivity contribution is 6.31. The highest BCUT2D eigenvalue weighted by Crippen LogP contribution is 2.64. The molecule has 1 heterocycles. The van der Waals surface area contributed by atoms with Gasteiger partial charge in [-0.25, -0.2) is 0 Å². The first kappa shape index (κ1) is 20.8. The van der Waals surface area contributed by atoms with E-state index in [1.165, 1.54) is 49.8 Å². The van der Waals surface area contributed by atoms with Crippen LogP contribution in [0, 0.1) is 0 Å². The predicted molar refractivity (Wildman–Crippen MR) is 155 cm³/mol. The topological polar surface area (TPSA) is 3.24 Å². The minimum atomic E-state index is -0.474. The molecular formula is C35H22ClN. The van der Waals surface area contributed by atoms with Gasteiger partial charge in [-0.15, -0.1) is 0 Å². The molecule has 1 aliphatic carbocycles. The lowest BCUT2D eigenvalue weighted by atomic mass is 9.64. The van der Waals surface area contributed by atoms with E-state index in [2.05, 4.69) is 132 Å². The third kappa shape index (κ3) is 2.64. The summed E-state index contributed by atoms with van der Waals surface area (Å²) in [5, 5.41) is 3.22. The number of benzene rings is 6. The van der Waals surface area contributed by atoms with Crippen molar-refractivity contribution in [3.63, 3.8) is 0 Å². The van der Waals surface area contributed by atoms with Crippen LogP contribution in [0.2, 0.25) is 5.02 Å². The molecule has 174 valence electrons. The Kier molecular flexibility index (Phi) is 4.27. The maximum atomic E-state index is 6.79. The number of hydrogen-bond donors (Lipinski definition) is 0. The van der Waals surface area contributed by atoms with Gasteiger partial charge in [-0.2, -0.15) is 0 Å². The van der Waals surface area contributed by atoms with E-state index in [4.69, 9.17) is 11.6 Å². The zero-order chi connectivity index (χ0) is 24.6. The van der Waals surface area contributed by atoms with Crippen LogP contribution in [0.1, 0.15) is 22.3 Å². The smallest absolute Gasteiger partial charge is 0.0755 e. The fourth-order valence-electron chi connectivity index (χ4n) is 6.73. The second kappa shape index (κ2) is 7.59. The van der Waals surface area contributed by atoms with Crippen LogP contribution in [-0.2, 0) is 5.41 Å². The van der Waals surface area contributed by atoms with E-state index in [0.717, 1.165) is 16.4 Å². The molecule has 0 saturated heterocycles. The number of anilines is 3. The maximum absolute atomic E-state index is 6.79. The van der Waals surface area contributed by atoms with Gasteiger partial charge in [-0.1, -0.05) is 115 Å². The Hall–Kier alpha value is -4.33. The number of nitrogens with zero attached hydrogens (tertiary/aromatic N) is 1. The summed E-state index contributed by atoms with van der Waals surface area (Å²) < 4.78 is 0. The summed E-state index contributed by atoms with van der Waals surface area (Å²) in [6, 6.07) is 48.2. The van der Waals surface area contributed by atoms with Crippen molar-refractivity contribution in [2.24, 2.45) is 0 Å². The summed E-state index contributed by atoms with van der Waals surface area (Å²) >= 11 is 6.79. The molecule has 0 bridgehead atoms. The molecule has 0 unspecified atom stereocenters. The van der Waals surface area contributed by atoms with Crippen LogP contribution in [0.15, 0.2) is 133 Å². The average molecular weight is 492 g/mol. The van der Waals surface area contributed by atoms with E-state index in [0.29, 0.717) is 0 Å². The van der Waals surface area contributed by atoms with E-state index in [9.17, 15) is 0 Å². The molecule has 0 amide bonds. The molecule has 2 heteroatoms. The molecule has 6 aromatic carbocycles. The van der Waals surface area contributed by atoms with Crippen LogP contribution in [0.3, 0.4) is 0 Å². The van der Waals surface area contributed by atoms with Crippen molar-refractivity contribution in [2.75, 3.05) is 4.90 Å². The van der Waals surface area contributed by atoms with E-state index < -0.39 is 5.41 Å². The standard InChI is InChI=1S/C35H22ClN/c36-24-19-21-33-32(22-24)35(29-16-8-6-14-27(29)28-15-7-9-17-30(28)35)31-20-18-23-10-4-5-13-26(23)34(31)37(33)25-11-2-1-3-12-25/h1-22H. The zero-order valence-electron chi connectivity index (χ0n) is 20.0. The molecule has 2 aliphatic rings. The normalized spacial score (nSPS) is 14.2. The Balaban J connectivity index is 1.63. The fraction of sp³-hybridized carbons (Fsp3) is 0.0286. The molecule has 0 N–H and O–H groups in total. The molecule has 0 fully saturated rings. The molecule has 1 aliphatic heterocycles. The minimum Gasteiger partial charge on any atom is -0.309 e. The largest absolute Gasteiger partial charge is 0.309 e. The molecule has 0 atom stereocenters. The molecule has 0 saturated carbocycles. The fourth-order valence-corrected chi connectivity index (χ4v) is 6.90. The monoisotopic (exact) mass is 491 g/mol. The van der Waals surface area contributed by atoms with E-state index >= 15 is 0 Å². The Bertz CT molecular complexity index is 1810. The highest BCUT2D eigenvalue weighted by atomic mass is 35.5. The van der Waals surface area contributed by atoms with Crippen molar-refractivity contribution < 1.29 is 0 Å². The number of para-hydroxylation sites is 1. The molecule has 6 aromatic rings. The van der Waals surface area contributed by atoms with Crippen molar-refractivity contribution in [3.05, 3.63) is 161 Å². The number of rotatable bonds is 1. The van der Waals surface area contributed by atoms with E-state index in [1.807, 2.05) is 6.07 Å². The quantitative estimate of drug-likeness (QED) is 0.221. The number of halogens is 1. The zero-order valence-corrected chi connectivity index (χ0v) is 20.8. The van der Waals surface area contributed by atoms with Gasteiger partial charge in [-0.05, 0) is 69.1 Å². The number of hydrogen-bond acceptors (Lipinski definition) is 1. The Morgan fingerprint density at radius 1 is 0.514 bits per heavy atom. The molecule has 0 aromatic heterocycles. The average Bonchev–Trinajstić information content (AvgIpc) is 3.25. The van der Waals surface area contributed by atoms with E-state index in [-0.39, 0.29) is 0 Å². The summed E-state index contributed by atoms with van der Waals surface area (Å²) in [7, 11) is 0. The summed E-state index contributed by atoms with van der Waals surface area (Å²) in [4.78, 5) is 2.43.